The minimum absolute atomic E-state index is 0.619. The Morgan fingerprint density at radius 2 is 1.32 bits per heavy atom. The highest BCUT2D eigenvalue weighted by atomic mass is 32.1. The van der Waals surface area contributed by atoms with Gasteiger partial charge in [-0.25, -0.2) is 0 Å². The van der Waals surface area contributed by atoms with Crippen molar-refractivity contribution in [1.29, 1.82) is 0 Å². The Labute approximate surface area is 123 Å². The first kappa shape index (κ1) is 17.8. The van der Waals surface area contributed by atoms with Crippen molar-refractivity contribution in [1.82, 2.24) is 0 Å². The average Bonchev–Trinajstić information content (AvgIpc) is 2.39. The summed E-state index contributed by atoms with van der Waals surface area (Å²) in [6.45, 7) is 4.63. The smallest absolute Gasteiger partial charge is 0.156 e. The first-order chi connectivity index (χ1) is 9.27. The van der Waals surface area contributed by atoms with Gasteiger partial charge in [-0.2, -0.15) is 0 Å². The number of rotatable bonds is 10. The molecule has 0 bridgehead atoms. The van der Waals surface area contributed by atoms with Crippen molar-refractivity contribution in [2.75, 3.05) is 6.61 Å². The Balaban J connectivity index is 3.40. The van der Waals surface area contributed by atoms with Crippen LogP contribution in [-0.4, -0.2) is 11.7 Å². The van der Waals surface area contributed by atoms with E-state index in [0.29, 0.717) is 11.7 Å². The second kappa shape index (κ2) is 14.9. The number of hydrogen-bond acceptors (Lipinski definition) is 2. The molecule has 0 aromatic carbocycles. The summed E-state index contributed by atoms with van der Waals surface area (Å²) in [7, 11) is 0. The lowest BCUT2D eigenvalue weighted by atomic mass is 10.2. The molecule has 0 rings (SSSR count). The summed E-state index contributed by atoms with van der Waals surface area (Å²) in [6.07, 6.45) is 22.6. The van der Waals surface area contributed by atoms with Crippen LogP contribution in [0.1, 0.15) is 46.0 Å². The minimum Gasteiger partial charge on any atom is -0.487 e. The molecule has 0 radical (unpaired) electrons. The average molecular weight is 278 g/mol. The molecule has 0 amide bonds. The van der Waals surface area contributed by atoms with Crippen LogP contribution in [0.3, 0.4) is 0 Å². The largest absolute Gasteiger partial charge is 0.487 e. The van der Waals surface area contributed by atoms with E-state index in [1.807, 2.05) is 0 Å². The van der Waals surface area contributed by atoms with Crippen LogP contribution in [0.15, 0.2) is 48.6 Å². The zero-order valence-corrected chi connectivity index (χ0v) is 13.0. The zero-order chi connectivity index (χ0) is 14.2. The lowest BCUT2D eigenvalue weighted by Gasteiger charge is -1.98. The number of ether oxygens (including phenoxy) is 1. The van der Waals surface area contributed by atoms with Gasteiger partial charge in [0.2, 0.25) is 0 Å². The topological polar surface area (TPSA) is 9.23 Å². The molecule has 0 aliphatic rings. The first-order valence-electron chi connectivity index (χ1n) is 7.00. The fourth-order valence-electron chi connectivity index (χ4n) is 1.37. The van der Waals surface area contributed by atoms with Gasteiger partial charge in [-0.3, -0.25) is 0 Å². The maximum atomic E-state index is 5.19. The Morgan fingerprint density at radius 1 is 0.842 bits per heavy atom. The third-order valence-electron chi connectivity index (χ3n) is 2.31. The van der Waals surface area contributed by atoms with Gasteiger partial charge in [-0.1, -0.05) is 55.5 Å². The van der Waals surface area contributed by atoms with Crippen LogP contribution in [0, 0.1) is 0 Å². The van der Waals surface area contributed by atoms with Gasteiger partial charge < -0.3 is 4.74 Å². The highest BCUT2D eigenvalue weighted by Gasteiger charge is 1.84. The van der Waals surface area contributed by atoms with E-state index in [0.717, 1.165) is 32.1 Å². The van der Waals surface area contributed by atoms with E-state index in [1.165, 1.54) is 0 Å². The maximum absolute atomic E-state index is 5.19. The summed E-state index contributed by atoms with van der Waals surface area (Å²) in [4.78, 5) is 0. The van der Waals surface area contributed by atoms with Crippen molar-refractivity contribution in [3.8, 4) is 0 Å². The second-order valence-electron chi connectivity index (χ2n) is 4.13. The van der Waals surface area contributed by atoms with Gasteiger partial charge in [-0.05, 0) is 44.3 Å². The second-order valence-corrected chi connectivity index (χ2v) is 4.70. The highest BCUT2D eigenvalue weighted by Crippen LogP contribution is 1.95. The van der Waals surface area contributed by atoms with Crippen LogP contribution in [0.2, 0.25) is 0 Å². The summed E-state index contributed by atoms with van der Waals surface area (Å²) in [5, 5.41) is 0.619. The molecule has 0 N–H and O–H groups in total. The molecular formula is C17H26OS. The van der Waals surface area contributed by atoms with Crippen molar-refractivity contribution in [2.45, 2.75) is 46.0 Å². The first-order valence-corrected chi connectivity index (χ1v) is 7.41. The molecule has 0 saturated carbocycles. The van der Waals surface area contributed by atoms with Crippen molar-refractivity contribution in [2.24, 2.45) is 0 Å². The molecule has 0 atom stereocenters. The molecular weight excluding hydrogens is 252 g/mol. The van der Waals surface area contributed by atoms with Crippen molar-refractivity contribution in [3.63, 3.8) is 0 Å². The molecule has 1 nitrogen and oxygen atoms in total. The molecule has 0 aliphatic carbocycles. The summed E-state index contributed by atoms with van der Waals surface area (Å²) >= 11 is 4.82. The van der Waals surface area contributed by atoms with Crippen LogP contribution in [0.5, 0.6) is 0 Å². The Kier molecular flexibility index (Phi) is 14.0. The third-order valence-corrected chi connectivity index (χ3v) is 2.43. The summed E-state index contributed by atoms with van der Waals surface area (Å²) < 4.78 is 5.19. The third kappa shape index (κ3) is 16.9. The molecule has 0 saturated heterocycles. The Bertz CT molecular complexity index is 324. The number of hydrogen-bond donors (Lipinski definition) is 0. The monoisotopic (exact) mass is 278 g/mol. The van der Waals surface area contributed by atoms with Gasteiger partial charge in [0.15, 0.2) is 5.05 Å². The van der Waals surface area contributed by atoms with Crippen LogP contribution >= 0.6 is 12.2 Å². The van der Waals surface area contributed by atoms with E-state index in [9.17, 15) is 0 Å². The number of thiocarbonyl (C=S) groups is 1. The maximum Gasteiger partial charge on any atom is 0.156 e. The zero-order valence-electron chi connectivity index (χ0n) is 12.2. The van der Waals surface area contributed by atoms with Crippen molar-refractivity contribution >= 4 is 17.3 Å². The molecule has 0 fully saturated rings. The van der Waals surface area contributed by atoms with Crippen LogP contribution in [-0.2, 0) is 4.74 Å². The van der Waals surface area contributed by atoms with Gasteiger partial charge in [0.1, 0.15) is 0 Å². The molecule has 2 heteroatoms. The highest BCUT2D eigenvalue weighted by molar-refractivity contribution is 7.80. The summed E-state index contributed by atoms with van der Waals surface area (Å²) in [5.74, 6) is 0. The Hall–Kier alpha value is -1.15. The van der Waals surface area contributed by atoms with E-state index in [2.05, 4.69) is 55.5 Å². The van der Waals surface area contributed by atoms with Gasteiger partial charge in [0.05, 0.1) is 6.61 Å². The quantitative estimate of drug-likeness (QED) is 0.294. The Morgan fingerprint density at radius 3 is 1.79 bits per heavy atom. The van der Waals surface area contributed by atoms with Crippen LogP contribution in [0.4, 0.5) is 0 Å². The van der Waals surface area contributed by atoms with Gasteiger partial charge in [-0.15, -0.1) is 0 Å². The van der Waals surface area contributed by atoms with Crippen molar-refractivity contribution in [3.05, 3.63) is 48.6 Å². The molecule has 0 aliphatic heterocycles. The summed E-state index contributed by atoms with van der Waals surface area (Å²) in [6, 6.07) is 0. The molecule has 0 aromatic heterocycles. The normalized spacial score (nSPS) is 12.3. The van der Waals surface area contributed by atoms with Crippen molar-refractivity contribution < 1.29 is 4.74 Å². The lowest BCUT2D eigenvalue weighted by Crippen LogP contribution is -1.96. The molecule has 0 spiro atoms. The fraction of sp³-hybridized carbons (Fsp3) is 0.471. The molecule has 19 heavy (non-hydrogen) atoms. The molecule has 0 aromatic rings. The predicted octanol–water partition coefficient (Wildman–Crippen LogP) is 5.55. The van der Waals surface area contributed by atoms with Gasteiger partial charge in [0.25, 0.3) is 0 Å². The SMILES string of the molecule is CC/C=C\C/C=C\C/C=C\C/C=C\CCOC(C)=S. The van der Waals surface area contributed by atoms with Gasteiger partial charge >= 0.3 is 0 Å². The van der Waals surface area contributed by atoms with Crippen LogP contribution in [0.25, 0.3) is 0 Å². The van der Waals surface area contributed by atoms with Crippen LogP contribution < -0.4 is 0 Å². The van der Waals surface area contributed by atoms with E-state index >= 15 is 0 Å². The van der Waals surface area contributed by atoms with E-state index in [4.69, 9.17) is 17.0 Å². The molecule has 106 valence electrons. The predicted molar refractivity (Wildman–Crippen MR) is 89.5 cm³/mol. The van der Waals surface area contributed by atoms with E-state index < -0.39 is 0 Å². The lowest BCUT2D eigenvalue weighted by molar-refractivity contribution is 0.318. The van der Waals surface area contributed by atoms with E-state index in [-0.39, 0.29) is 0 Å². The van der Waals surface area contributed by atoms with E-state index in [1.54, 1.807) is 6.92 Å². The fourth-order valence-corrected chi connectivity index (χ4v) is 1.45. The standard InChI is InChI=1S/C17H26OS/c1-3-4-5-6-7-8-9-10-11-12-13-14-15-16-18-17(2)19/h4-5,7-8,10-11,13-14H,3,6,9,12,15-16H2,1-2H3/b5-4-,8-7-,11-10-,14-13-. The minimum atomic E-state index is 0.619. The summed E-state index contributed by atoms with van der Waals surface area (Å²) in [5.41, 5.74) is 0. The van der Waals surface area contributed by atoms with Gasteiger partial charge in [0, 0.05) is 6.92 Å². The molecule has 0 unspecified atom stereocenters. The number of allylic oxidation sites excluding steroid dienone is 7. The molecule has 0 heterocycles.